The monoisotopic (exact) mass is 384 g/mol. The molecular weight excluding hydrogens is 364 g/mol. The van der Waals surface area contributed by atoms with E-state index in [1.54, 1.807) is 34.9 Å². The first-order valence-electron chi connectivity index (χ1n) is 9.33. The molecule has 2 amide bonds. The first kappa shape index (κ1) is 18.4. The molecule has 4 rings (SSSR count). The van der Waals surface area contributed by atoms with Gasteiger partial charge in [0.1, 0.15) is 0 Å². The highest BCUT2D eigenvalue weighted by atomic mass is 16.2. The third-order valence-corrected chi connectivity index (χ3v) is 4.65. The van der Waals surface area contributed by atoms with Crippen LogP contribution in [0.4, 0.5) is 5.69 Å². The lowest BCUT2D eigenvalue weighted by molar-refractivity contribution is 0.0937. The lowest BCUT2D eigenvalue weighted by Crippen LogP contribution is -2.27. The molecule has 1 unspecified atom stereocenters. The molecule has 0 saturated heterocycles. The Morgan fingerprint density at radius 3 is 2.24 bits per heavy atom. The topological polar surface area (TPSA) is 75.5 Å². The van der Waals surface area contributed by atoms with Crippen molar-refractivity contribution in [3.05, 3.63) is 102 Å². The maximum absolute atomic E-state index is 12.9. The van der Waals surface area contributed by atoms with Gasteiger partial charge in [0, 0.05) is 11.9 Å². The number of hydrogen-bond donors (Lipinski definition) is 2. The summed E-state index contributed by atoms with van der Waals surface area (Å²) in [5.74, 6) is -0.557. The maximum Gasteiger partial charge on any atom is 0.292 e. The summed E-state index contributed by atoms with van der Waals surface area (Å²) in [6.45, 7) is 1.91. The predicted octanol–water partition coefficient (Wildman–Crippen LogP) is 4.08. The summed E-state index contributed by atoms with van der Waals surface area (Å²) in [6.07, 6.45) is 1.72. The van der Waals surface area contributed by atoms with E-state index in [1.165, 1.54) is 0 Å². The standard InChI is InChI=1S/C23H20N4O2/c1-16(17-10-4-2-5-11-17)24-22(28)20-19-14-8-9-15-27(19)21(26-20)23(29)25-18-12-6-3-7-13-18/h2-16H,1H3,(H,24,28)(H,25,29). The Morgan fingerprint density at radius 2 is 1.52 bits per heavy atom. The number of carbonyl (C=O) groups is 2. The van der Waals surface area contributed by atoms with Gasteiger partial charge in [-0.1, -0.05) is 54.6 Å². The van der Waals surface area contributed by atoms with Crippen LogP contribution in [0.2, 0.25) is 0 Å². The second-order valence-corrected chi connectivity index (χ2v) is 6.67. The number of imidazole rings is 1. The number of nitrogens with one attached hydrogen (secondary N) is 2. The van der Waals surface area contributed by atoms with Crippen molar-refractivity contribution < 1.29 is 9.59 Å². The van der Waals surface area contributed by atoms with Gasteiger partial charge in [0.25, 0.3) is 11.8 Å². The lowest BCUT2D eigenvalue weighted by Gasteiger charge is -2.13. The number of fused-ring (bicyclic) bond motifs is 1. The Labute approximate surface area is 168 Å². The summed E-state index contributed by atoms with van der Waals surface area (Å²) in [7, 11) is 0. The minimum atomic E-state index is -0.382. The van der Waals surface area contributed by atoms with Crippen LogP contribution in [0.3, 0.4) is 0 Å². The number of aromatic nitrogens is 2. The van der Waals surface area contributed by atoms with E-state index >= 15 is 0 Å². The average molecular weight is 384 g/mol. The molecule has 0 aliphatic carbocycles. The van der Waals surface area contributed by atoms with Crippen molar-refractivity contribution in [1.82, 2.24) is 14.7 Å². The number of carbonyl (C=O) groups excluding carboxylic acids is 2. The third kappa shape index (κ3) is 3.87. The maximum atomic E-state index is 12.9. The van der Waals surface area contributed by atoms with Gasteiger partial charge in [-0.25, -0.2) is 4.98 Å². The normalized spacial score (nSPS) is 11.8. The van der Waals surface area contributed by atoms with Crippen molar-refractivity contribution in [3.8, 4) is 0 Å². The number of hydrogen-bond acceptors (Lipinski definition) is 3. The van der Waals surface area contributed by atoms with Crippen molar-refractivity contribution in [2.24, 2.45) is 0 Å². The third-order valence-electron chi connectivity index (χ3n) is 4.65. The second kappa shape index (κ2) is 7.98. The fourth-order valence-corrected chi connectivity index (χ4v) is 3.16. The van der Waals surface area contributed by atoms with E-state index in [2.05, 4.69) is 15.6 Å². The van der Waals surface area contributed by atoms with E-state index in [0.717, 1.165) is 5.56 Å². The zero-order chi connectivity index (χ0) is 20.2. The molecule has 2 aromatic carbocycles. The zero-order valence-corrected chi connectivity index (χ0v) is 15.9. The number of pyridine rings is 1. The fourth-order valence-electron chi connectivity index (χ4n) is 3.16. The van der Waals surface area contributed by atoms with Gasteiger partial charge in [0.15, 0.2) is 5.69 Å². The van der Waals surface area contributed by atoms with E-state index in [-0.39, 0.29) is 29.4 Å². The van der Waals surface area contributed by atoms with Crippen molar-refractivity contribution in [2.75, 3.05) is 5.32 Å². The molecule has 2 heterocycles. The Hall–Kier alpha value is -3.93. The van der Waals surface area contributed by atoms with Gasteiger partial charge >= 0.3 is 0 Å². The fraction of sp³-hybridized carbons (Fsp3) is 0.0870. The van der Waals surface area contributed by atoms with E-state index in [0.29, 0.717) is 11.2 Å². The van der Waals surface area contributed by atoms with Gasteiger partial charge in [-0.15, -0.1) is 0 Å². The molecule has 0 saturated carbocycles. The SMILES string of the molecule is CC(NC(=O)c1nc(C(=O)Nc2ccccc2)n2ccccc12)c1ccccc1. The van der Waals surface area contributed by atoms with Crippen LogP contribution in [0.25, 0.3) is 5.52 Å². The molecule has 1 atom stereocenters. The van der Waals surface area contributed by atoms with Gasteiger partial charge in [0.2, 0.25) is 5.82 Å². The molecule has 4 aromatic rings. The first-order chi connectivity index (χ1) is 14.1. The van der Waals surface area contributed by atoms with Gasteiger partial charge in [-0.2, -0.15) is 0 Å². The quantitative estimate of drug-likeness (QED) is 0.544. The molecule has 0 spiro atoms. The minimum Gasteiger partial charge on any atom is -0.344 e. The van der Waals surface area contributed by atoms with Gasteiger partial charge in [-0.05, 0) is 36.8 Å². The molecule has 6 heteroatoms. The summed E-state index contributed by atoms with van der Waals surface area (Å²) < 4.78 is 1.63. The van der Waals surface area contributed by atoms with Crippen molar-refractivity contribution in [3.63, 3.8) is 0 Å². The van der Waals surface area contributed by atoms with Crippen LogP contribution < -0.4 is 10.6 Å². The molecule has 0 aliphatic rings. The molecule has 2 N–H and O–H groups in total. The summed E-state index contributed by atoms with van der Waals surface area (Å²) >= 11 is 0. The lowest BCUT2D eigenvalue weighted by atomic mass is 10.1. The number of nitrogens with zero attached hydrogens (tertiary/aromatic N) is 2. The highest BCUT2D eigenvalue weighted by Crippen LogP contribution is 2.17. The van der Waals surface area contributed by atoms with Gasteiger partial charge in [-0.3, -0.25) is 14.0 Å². The van der Waals surface area contributed by atoms with Crippen molar-refractivity contribution in [2.45, 2.75) is 13.0 Å². The second-order valence-electron chi connectivity index (χ2n) is 6.67. The summed E-state index contributed by atoms with van der Waals surface area (Å²) in [4.78, 5) is 30.1. The number of anilines is 1. The van der Waals surface area contributed by atoms with E-state index in [4.69, 9.17) is 0 Å². The van der Waals surface area contributed by atoms with Crippen LogP contribution in [0.15, 0.2) is 85.1 Å². The Bertz CT molecular complexity index is 1150. The Morgan fingerprint density at radius 1 is 0.862 bits per heavy atom. The van der Waals surface area contributed by atoms with Crippen LogP contribution in [0.1, 0.15) is 39.6 Å². The summed E-state index contributed by atoms with van der Waals surface area (Å²) in [6, 6.07) is 24.0. The van der Waals surface area contributed by atoms with Gasteiger partial charge < -0.3 is 10.6 Å². The molecule has 0 bridgehead atoms. The van der Waals surface area contributed by atoms with E-state index in [9.17, 15) is 9.59 Å². The molecule has 29 heavy (non-hydrogen) atoms. The first-order valence-corrected chi connectivity index (χ1v) is 9.33. The average Bonchev–Trinajstić information content (AvgIpc) is 3.15. The largest absolute Gasteiger partial charge is 0.344 e. The number of para-hydroxylation sites is 1. The minimum absolute atomic E-state index is 0.155. The molecule has 6 nitrogen and oxygen atoms in total. The summed E-state index contributed by atoms with van der Waals surface area (Å²) in [5.41, 5.74) is 2.44. The highest BCUT2D eigenvalue weighted by molar-refractivity contribution is 6.06. The van der Waals surface area contributed by atoms with Crippen molar-refractivity contribution >= 4 is 23.0 Å². The molecular formula is C23H20N4O2. The van der Waals surface area contributed by atoms with Crippen LogP contribution in [0.5, 0.6) is 0 Å². The van der Waals surface area contributed by atoms with Crippen LogP contribution >= 0.6 is 0 Å². The van der Waals surface area contributed by atoms with Crippen LogP contribution in [-0.2, 0) is 0 Å². The van der Waals surface area contributed by atoms with Crippen molar-refractivity contribution in [1.29, 1.82) is 0 Å². The summed E-state index contributed by atoms with van der Waals surface area (Å²) in [5, 5.41) is 5.78. The molecule has 144 valence electrons. The molecule has 0 radical (unpaired) electrons. The van der Waals surface area contributed by atoms with E-state index in [1.807, 2.05) is 61.5 Å². The van der Waals surface area contributed by atoms with Crippen LogP contribution in [0, 0.1) is 0 Å². The number of rotatable bonds is 5. The highest BCUT2D eigenvalue weighted by Gasteiger charge is 2.22. The number of benzene rings is 2. The van der Waals surface area contributed by atoms with Crippen LogP contribution in [-0.4, -0.2) is 21.2 Å². The molecule has 0 aliphatic heterocycles. The van der Waals surface area contributed by atoms with Gasteiger partial charge in [0.05, 0.1) is 11.6 Å². The molecule has 0 fully saturated rings. The Kier molecular flexibility index (Phi) is 5.07. The Balaban J connectivity index is 1.63. The number of amides is 2. The zero-order valence-electron chi connectivity index (χ0n) is 15.9. The smallest absolute Gasteiger partial charge is 0.292 e. The van der Waals surface area contributed by atoms with E-state index < -0.39 is 0 Å². The predicted molar refractivity (Wildman–Crippen MR) is 112 cm³/mol. The molecule has 2 aromatic heterocycles.